The molecule has 1 aromatic carbocycles. The van der Waals surface area contributed by atoms with E-state index in [0.717, 1.165) is 12.1 Å². The third-order valence-corrected chi connectivity index (χ3v) is 4.46. The lowest BCUT2D eigenvalue weighted by atomic mass is 10.2. The van der Waals surface area contributed by atoms with Crippen LogP contribution in [0.5, 0.6) is 0 Å². The van der Waals surface area contributed by atoms with Crippen LogP contribution in [0.1, 0.15) is 13.3 Å². The predicted molar refractivity (Wildman–Crippen MR) is 68.3 cm³/mol. The first kappa shape index (κ1) is 12.2. The molecule has 0 spiro atoms. The second-order valence-corrected chi connectivity index (χ2v) is 6.31. The Labute approximate surface area is 101 Å². The molecule has 2 atom stereocenters. The molecule has 0 radical (unpaired) electrons. The Morgan fingerprint density at radius 2 is 2.06 bits per heavy atom. The van der Waals surface area contributed by atoms with Gasteiger partial charge in [-0.25, -0.2) is 13.1 Å². The van der Waals surface area contributed by atoms with Crippen molar-refractivity contribution in [1.82, 2.24) is 4.72 Å². The topological polar surface area (TPSA) is 84.2 Å². The Morgan fingerprint density at radius 3 is 2.53 bits per heavy atom. The Morgan fingerprint density at radius 1 is 1.41 bits per heavy atom. The molecule has 0 aromatic heterocycles. The van der Waals surface area contributed by atoms with Crippen LogP contribution in [0.2, 0.25) is 0 Å². The largest absolute Gasteiger partial charge is 0.397 e. The van der Waals surface area contributed by atoms with Gasteiger partial charge in [-0.15, -0.1) is 0 Å². The Balaban J connectivity index is 2.23. The Kier molecular flexibility index (Phi) is 3.01. The van der Waals surface area contributed by atoms with Crippen molar-refractivity contribution in [1.29, 1.82) is 0 Å². The summed E-state index contributed by atoms with van der Waals surface area (Å²) in [6.07, 6.45) is 1.13. The monoisotopic (exact) mass is 255 g/mol. The molecule has 0 heterocycles. The van der Waals surface area contributed by atoms with E-state index in [1.165, 1.54) is 13.1 Å². The van der Waals surface area contributed by atoms with E-state index in [-0.39, 0.29) is 4.90 Å². The van der Waals surface area contributed by atoms with Crippen LogP contribution in [-0.2, 0) is 10.0 Å². The molecule has 1 aliphatic carbocycles. The van der Waals surface area contributed by atoms with Crippen molar-refractivity contribution in [2.75, 3.05) is 18.1 Å². The van der Waals surface area contributed by atoms with Gasteiger partial charge in [0.05, 0.1) is 16.3 Å². The standard InChI is InChI=1S/C11H17N3O2S/c1-7-5-11(7)14-10-4-3-8(6-9(10)12)17(15,16)13-2/h3-4,6-7,11,13-14H,5,12H2,1-2H3. The predicted octanol–water partition coefficient (Wildman–Crippen LogP) is 0.997. The van der Waals surface area contributed by atoms with Crippen molar-refractivity contribution in [2.24, 2.45) is 5.92 Å². The SMILES string of the molecule is CNS(=O)(=O)c1ccc(NC2CC2C)c(N)c1. The lowest BCUT2D eigenvalue weighted by molar-refractivity contribution is 0.588. The fourth-order valence-electron chi connectivity index (χ4n) is 1.68. The number of nitrogens with two attached hydrogens (primary N) is 1. The maximum atomic E-state index is 11.6. The molecule has 0 saturated heterocycles. The summed E-state index contributed by atoms with van der Waals surface area (Å²) in [6, 6.07) is 5.20. The first-order valence-corrected chi connectivity index (χ1v) is 7.02. The van der Waals surface area contributed by atoms with Crippen LogP contribution in [0, 0.1) is 5.92 Å². The van der Waals surface area contributed by atoms with Crippen molar-refractivity contribution >= 4 is 21.4 Å². The van der Waals surface area contributed by atoms with Gasteiger partial charge in [0, 0.05) is 6.04 Å². The molecule has 0 amide bonds. The van der Waals surface area contributed by atoms with E-state index in [4.69, 9.17) is 5.73 Å². The molecular formula is C11H17N3O2S. The van der Waals surface area contributed by atoms with E-state index in [1.54, 1.807) is 12.1 Å². The number of nitrogen functional groups attached to an aromatic ring is 1. The first-order chi connectivity index (χ1) is 7.94. The maximum absolute atomic E-state index is 11.6. The number of rotatable bonds is 4. The lowest BCUT2D eigenvalue weighted by Gasteiger charge is -2.10. The number of hydrogen-bond acceptors (Lipinski definition) is 4. The smallest absolute Gasteiger partial charge is 0.240 e. The molecule has 1 saturated carbocycles. The molecule has 1 aromatic rings. The van der Waals surface area contributed by atoms with Gasteiger partial charge in [0.25, 0.3) is 0 Å². The zero-order chi connectivity index (χ0) is 12.6. The van der Waals surface area contributed by atoms with Crippen LogP contribution in [-0.4, -0.2) is 21.5 Å². The zero-order valence-corrected chi connectivity index (χ0v) is 10.7. The van der Waals surface area contributed by atoms with E-state index in [0.29, 0.717) is 17.6 Å². The second kappa shape index (κ2) is 4.19. The minimum atomic E-state index is -3.42. The molecule has 6 heteroatoms. The van der Waals surface area contributed by atoms with Crippen LogP contribution in [0.4, 0.5) is 11.4 Å². The molecule has 5 nitrogen and oxygen atoms in total. The minimum Gasteiger partial charge on any atom is -0.397 e. The van der Waals surface area contributed by atoms with Gasteiger partial charge >= 0.3 is 0 Å². The van der Waals surface area contributed by atoms with Gasteiger partial charge < -0.3 is 11.1 Å². The number of anilines is 2. The van der Waals surface area contributed by atoms with Crippen molar-refractivity contribution in [3.63, 3.8) is 0 Å². The molecule has 17 heavy (non-hydrogen) atoms. The maximum Gasteiger partial charge on any atom is 0.240 e. The highest BCUT2D eigenvalue weighted by atomic mass is 32.2. The van der Waals surface area contributed by atoms with Crippen LogP contribution >= 0.6 is 0 Å². The summed E-state index contributed by atoms with van der Waals surface area (Å²) in [5, 5.41) is 3.29. The van der Waals surface area contributed by atoms with Crippen molar-refractivity contribution in [3.8, 4) is 0 Å². The summed E-state index contributed by atoms with van der Waals surface area (Å²) in [6.45, 7) is 2.16. The van der Waals surface area contributed by atoms with Gasteiger partial charge in [0.2, 0.25) is 10.0 Å². The van der Waals surface area contributed by atoms with E-state index in [9.17, 15) is 8.42 Å². The highest BCUT2D eigenvalue weighted by Crippen LogP contribution is 2.34. The van der Waals surface area contributed by atoms with Crippen LogP contribution in [0.3, 0.4) is 0 Å². The van der Waals surface area contributed by atoms with Crippen molar-refractivity contribution in [3.05, 3.63) is 18.2 Å². The van der Waals surface area contributed by atoms with Gasteiger partial charge in [-0.1, -0.05) is 6.92 Å². The quantitative estimate of drug-likeness (QED) is 0.701. The number of hydrogen-bond donors (Lipinski definition) is 3. The summed E-state index contributed by atoms with van der Waals surface area (Å²) < 4.78 is 25.4. The minimum absolute atomic E-state index is 0.187. The van der Waals surface area contributed by atoms with Crippen molar-refractivity contribution in [2.45, 2.75) is 24.3 Å². The van der Waals surface area contributed by atoms with Gasteiger partial charge in [-0.3, -0.25) is 0 Å². The number of sulfonamides is 1. The zero-order valence-electron chi connectivity index (χ0n) is 9.90. The molecule has 94 valence electrons. The van der Waals surface area contributed by atoms with Crippen LogP contribution in [0.15, 0.2) is 23.1 Å². The summed E-state index contributed by atoms with van der Waals surface area (Å²) in [5.41, 5.74) is 7.10. The second-order valence-electron chi connectivity index (χ2n) is 4.42. The summed E-state index contributed by atoms with van der Waals surface area (Å²) in [7, 11) is -2.04. The lowest BCUT2D eigenvalue weighted by Crippen LogP contribution is -2.19. The summed E-state index contributed by atoms with van der Waals surface area (Å²) in [5.74, 6) is 0.662. The van der Waals surface area contributed by atoms with Gasteiger partial charge in [-0.05, 0) is 37.6 Å². The molecular weight excluding hydrogens is 238 g/mol. The Bertz CT molecular complexity index is 528. The van der Waals surface area contributed by atoms with E-state index < -0.39 is 10.0 Å². The first-order valence-electron chi connectivity index (χ1n) is 5.53. The molecule has 2 rings (SSSR count). The average Bonchev–Trinajstić information content (AvgIpc) is 2.97. The van der Waals surface area contributed by atoms with Crippen LogP contribution in [0.25, 0.3) is 0 Å². The highest BCUT2D eigenvalue weighted by molar-refractivity contribution is 7.89. The normalized spacial score (nSPS) is 23.4. The average molecular weight is 255 g/mol. The molecule has 0 aliphatic heterocycles. The third-order valence-electron chi connectivity index (χ3n) is 3.05. The van der Waals surface area contributed by atoms with E-state index >= 15 is 0 Å². The van der Waals surface area contributed by atoms with Gasteiger partial charge in [0.1, 0.15) is 0 Å². The molecule has 2 unspecified atom stereocenters. The number of benzene rings is 1. The van der Waals surface area contributed by atoms with Crippen LogP contribution < -0.4 is 15.8 Å². The molecule has 1 fully saturated rings. The fraction of sp³-hybridized carbons (Fsp3) is 0.455. The van der Waals surface area contributed by atoms with E-state index in [1.807, 2.05) is 0 Å². The summed E-state index contributed by atoms with van der Waals surface area (Å²) in [4.78, 5) is 0.187. The molecule has 4 N–H and O–H groups in total. The van der Waals surface area contributed by atoms with Gasteiger partial charge in [0.15, 0.2) is 0 Å². The number of nitrogens with one attached hydrogen (secondary N) is 2. The Hall–Kier alpha value is -1.27. The molecule has 1 aliphatic rings. The summed E-state index contributed by atoms with van der Waals surface area (Å²) >= 11 is 0. The highest BCUT2D eigenvalue weighted by Gasteiger charge is 2.32. The third kappa shape index (κ3) is 2.53. The fourth-order valence-corrected chi connectivity index (χ4v) is 2.45. The van der Waals surface area contributed by atoms with E-state index in [2.05, 4.69) is 17.0 Å². The van der Waals surface area contributed by atoms with Gasteiger partial charge in [-0.2, -0.15) is 0 Å². The molecule has 0 bridgehead atoms. The van der Waals surface area contributed by atoms with Crippen molar-refractivity contribution < 1.29 is 8.42 Å².